The van der Waals surface area contributed by atoms with Crippen LogP contribution in [0.25, 0.3) is 0 Å². The molecule has 1 aromatic rings. The van der Waals surface area contributed by atoms with E-state index in [9.17, 15) is 4.79 Å². The van der Waals surface area contributed by atoms with Crippen molar-refractivity contribution in [3.63, 3.8) is 0 Å². The number of aromatic nitrogens is 2. The van der Waals surface area contributed by atoms with Gasteiger partial charge in [0.05, 0.1) is 0 Å². The van der Waals surface area contributed by atoms with Gasteiger partial charge in [-0.05, 0) is 12.5 Å². The van der Waals surface area contributed by atoms with Gasteiger partial charge in [0.1, 0.15) is 5.69 Å². The maximum absolute atomic E-state index is 11.8. The van der Waals surface area contributed by atoms with Crippen molar-refractivity contribution in [2.45, 2.75) is 19.8 Å². The molecule has 14 heavy (non-hydrogen) atoms. The highest BCUT2D eigenvalue weighted by molar-refractivity contribution is 5.92. The number of aryl methyl sites for hydroxylation is 1. The first-order valence-corrected chi connectivity index (χ1v) is 4.90. The molecule has 0 aliphatic rings. The Bertz CT molecular complexity index is 306. The van der Waals surface area contributed by atoms with E-state index in [1.165, 1.54) is 0 Å². The van der Waals surface area contributed by atoms with Crippen LogP contribution >= 0.6 is 0 Å². The molecule has 1 heterocycles. The number of carbonyl (C=O) groups excluding carboxylic acids is 1. The van der Waals surface area contributed by atoms with Crippen LogP contribution in [0.3, 0.4) is 0 Å². The average molecular weight is 195 g/mol. The van der Waals surface area contributed by atoms with Crippen molar-refractivity contribution < 1.29 is 4.79 Å². The fourth-order valence-corrected chi connectivity index (χ4v) is 1.28. The summed E-state index contributed by atoms with van der Waals surface area (Å²) in [5.41, 5.74) is 0.642. The van der Waals surface area contributed by atoms with Gasteiger partial charge in [-0.25, -0.2) is 0 Å². The minimum Gasteiger partial charge on any atom is -0.340 e. The molecule has 0 aliphatic heterocycles. The number of amides is 1. The van der Waals surface area contributed by atoms with Gasteiger partial charge in [-0.1, -0.05) is 13.3 Å². The summed E-state index contributed by atoms with van der Waals surface area (Å²) >= 11 is 0. The Hall–Kier alpha value is -1.32. The third-order valence-electron chi connectivity index (χ3n) is 2.23. The lowest BCUT2D eigenvalue weighted by Gasteiger charge is -2.16. The minimum absolute atomic E-state index is 0.0402. The average Bonchev–Trinajstić information content (AvgIpc) is 2.59. The van der Waals surface area contributed by atoms with E-state index in [4.69, 9.17) is 0 Å². The lowest BCUT2D eigenvalue weighted by Crippen LogP contribution is -2.29. The van der Waals surface area contributed by atoms with Crippen molar-refractivity contribution in [3.05, 3.63) is 18.0 Å². The molecule has 0 aliphatic carbocycles. The van der Waals surface area contributed by atoms with Gasteiger partial charge in [0, 0.05) is 26.8 Å². The Kier molecular flexibility index (Phi) is 3.68. The van der Waals surface area contributed by atoms with E-state index in [2.05, 4.69) is 12.0 Å². The standard InChI is InChI=1S/C10H17N3O/c1-4-5-8-12(2)10(14)9-6-7-11-13(9)3/h6-7H,4-5,8H2,1-3H3. The van der Waals surface area contributed by atoms with E-state index in [1.54, 1.807) is 28.9 Å². The minimum atomic E-state index is 0.0402. The molecule has 4 heteroatoms. The highest BCUT2D eigenvalue weighted by Gasteiger charge is 2.13. The third-order valence-corrected chi connectivity index (χ3v) is 2.23. The maximum atomic E-state index is 11.8. The summed E-state index contributed by atoms with van der Waals surface area (Å²) in [5, 5.41) is 3.97. The van der Waals surface area contributed by atoms with Crippen molar-refractivity contribution in [2.24, 2.45) is 7.05 Å². The molecule has 1 rings (SSSR count). The predicted octanol–water partition coefficient (Wildman–Crippen LogP) is 1.29. The van der Waals surface area contributed by atoms with Crippen molar-refractivity contribution in [2.75, 3.05) is 13.6 Å². The second-order valence-corrected chi connectivity index (χ2v) is 3.42. The molecule has 0 aromatic carbocycles. The Morgan fingerprint density at radius 3 is 2.86 bits per heavy atom. The molecule has 4 nitrogen and oxygen atoms in total. The molecular weight excluding hydrogens is 178 g/mol. The topological polar surface area (TPSA) is 38.1 Å². The molecule has 0 saturated heterocycles. The monoisotopic (exact) mass is 195 g/mol. The maximum Gasteiger partial charge on any atom is 0.271 e. The van der Waals surface area contributed by atoms with Crippen LogP contribution in [-0.2, 0) is 7.05 Å². The van der Waals surface area contributed by atoms with Crippen molar-refractivity contribution >= 4 is 5.91 Å². The molecule has 0 N–H and O–H groups in total. The summed E-state index contributed by atoms with van der Waals surface area (Å²) < 4.78 is 1.60. The number of rotatable bonds is 4. The fourth-order valence-electron chi connectivity index (χ4n) is 1.28. The van der Waals surface area contributed by atoms with E-state index in [0.717, 1.165) is 19.4 Å². The fraction of sp³-hybridized carbons (Fsp3) is 0.600. The smallest absolute Gasteiger partial charge is 0.271 e. The van der Waals surface area contributed by atoms with E-state index in [1.807, 2.05) is 7.05 Å². The van der Waals surface area contributed by atoms with Gasteiger partial charge in [0.2, 0.25) is 0 Å². The first-order chi connectivity index (χ1) is 6.66. The van der Waals surface area contributed by atoms with Crippen LogP contribution in [0.2, 0.25) is 0 Å². The zero-order chi connectivity index (χ0) is 10.6. The Morgan fingerprint density at radius 2 is 2.36 bits per heavy atom. The molecular formula is C10H17N3O. The molecule has 0 fully saturated rings. The van der Waals surface area contributed by atoms with Gasteiger partial charge in [-0.15, -0.1) is 0 Å². The number of carbonyl (C=O) groups is 1. The molecule has 1 aromatic heterocycles. The molecule has 0 spiro atoms. The van der Waals surface area contributed by atoms with Gasteiger partial charge < -0.3 is 4.90 Å². The number of unbranched alkanes of at least 4 members (excludes halogenated alkanes) is 1. The SMILES string of the molecule is CCCCN(C)C(=O)c1ccnn1C. The highest BCUT2D eigenvalue weighted by atomic mass is 16.2. The third kappa shape index (κ3) is 2.34. The van der Waals surface area contributed by atoms with Crippen LogP contribution in [0.4, 0.5) is 0 Å². The van der Waals surface area contributed by atoms with Gasteiger partial charge in [-0.3, -0.25) is 9.48 Å². The lowest BCUT2D eigenvalue weighted by atomic mass is 10.3. The zero-order valence-electron chi connectivity index (χ0n) is 9.03. The van der Waals surface area contributed by atoms with Gasteiger partial charge in [0.15, 0.2) is 0 Å². The van der Waals surface area contributed by atoms with E-state index in [0.29, 0.717) is 5.69 Å². The molecule has 0 atom stereocenters. The van der Waals surface area contributed by atoms with Crippen LogP contribution in [-0.4, -0.2) is 34.2 Å². The summed E-state index contributed by atoms with van der Waals surface area (Å²) in [6.45, 7) is 2.92. The van der Waals surface area contributed by atoms with Crippen molar-refractivity contribution in [1.82, 2.24) is 14.7 Å². The molecule has 0 radical (unpaired) electrons. The van der Waals surface area contributed by atoms with Crippen LogP contribution in [0.1, 0.15) is 30.3 Å². The molecule has 78 valence electrons. The molecule has 0 saturated carbocycles. The predicted molar refractivity (Wildman–Crippen MR) is 55.1 cm³/mol. The quantitative estimate of drug-likeness (QED) is 0.726. The van der Waals surface area contributed by atoms with E-state index >= 15 is 0 Å². The molecule has 0 unspecified atom stereocenters. The zero-order valence-corrected chi connectivity index (χ0v) is 9.03. The molecule has 0 bridgehead atoms. The summed E-state index contributed by atoms with van der Waals surface area (Å²) in [6, 6.07) is 1.74. The van der Waals surface area contributed by atoms with E-state index in [-0.39, 0.29) is 5.91 Å². The summed E-state index contributed by atoms with van der Waals surface area (Å²) in [4.78, 5) is 13.5. The normalized spacial score (nSPS) is 10.2. The van der Waals surface area contributed by atoms with Gasteiger partial charge in [0.25, 0.3) is 5.91 Å². The highest BCUT2D eigenvalue weighted by Crippen LogP contribution is 2.02. The second kappa shape index (κ2) is 4.79. The van der Waals surface area contributed by atoms with Crippen LogP contribution in [0, 0.1) is 0 Å². The number of hydrogen-bond donors (Lipinski definition) is 0. The second-order valence-electron chi connectivity index (χ2n) is 3.42. The lowest BCUT2D eigenvalue weighted by molar-refractivity contribution is 0.0782. The Morgan fingerprint density at radius 1 is 1.64 bits per heavy atom. The van der Waals surface area contributed by atoms with Gasteiger partial charge in [-0.2, -0.15) is 5.10 Å². The summed E-state index contributed by atoms with van der Waals surface area (Å²) in [6.07, 6.45) is 3.78. The Labute approximate surface area is 84.5 Å². The first kappa shape index (κ1) is 10.8. The van der Waals surface area contributed by atoms with Crippen molar-refractivity contribution in [3.8, 4) is 0 Å². The molecule has 1 amide bonds. The Balaban J connectivity index is 2.61. The van der Waals surface area contributed by atoms with Crippen LogP contribution in [0.5, 0.6) is 0 Å². The summed E-state index contributed by atoms with van der Waals surface area (Å²) in [7, 11) is 3.60. The number of hydrogen-bond acceptors (Lipinski definition) is 2. The van der Waals surface area contributed by atoms with Gasteiger partial charge >= 0.3 is 0 Å². The van der Waals surface area contributed by atoms with Crippen molar-refractivity contribution in [1.29, 1.82) is 0 Å². The largest absolute Gasteiger partial charge is 0.340 e. The summed E-state index contributed by atoms with van der Waals surface area (Å²) in [5.74, 6) is 0.0402. The first-order valence-electron chi connectivity index (χ1n) is 4.90. The number of nitrogens with zero attached hydrogens (tertiary/aromatic N) is 3. The van der Waals surface area contributed by atoms with Crippen LogP contribution < -0.4 is 0 Å². The van der Waals surface area contributed by atoms with E-state index < -0.39 is 0 Å². The van der Waals surface area contributed by atoms with Crippen LogP contribution in [0.15, 0.2) is 12.3 Å².